The van der Waals surface area contributed by atoms with Crippen LogP contribution in [-0.4, -0.2) is 27.2 Å². The van der Waals surface area contributed by atoms with E-state index in [1.54, 1.807) is 0 Å². The number of nitrogens with two attached hydrogens (primary N) is 1. The van der Waals surface area contributed by atoms with Crippen molar-refractivity contribution in [3.05, 3.63) is 16.3 Å². The van der Waals surface area contributed by atoms with Gasteiger partial charge in [0.05, 0.1) is 12.2 Å². The molecule has 0 aliphatic carbocycles. The number of nitrogens with one attached hydrogen (secondary N) is 1. The van der Waals surface area contributed by atoms with Crippen molar-refractivity contribution in [1.29, 1.82) is 0 Å². The van der Waals surface area contributed by atoms with Gasteiger partial charge in [0.15, 0.2) is 0 Å². The van der Waals surface area contributed by atoms with Crippen molar-refractivity contribution in [3.8, 4) is 0 Å². The Balaban J connectivity index is 2.40. The van der Waals surface area contributed by atoms with Gasteiger partial charge in [-0.05, 0) is 19.8 Å². The number of aromatic amines is 1. The van der Waals surface area contributed by atoms with Crippen LogP contribution in [0.5, 0.6) is 0 Å². The molecule has 4 atom stereocenters. The average molecular weight is 224 g/mol. The van der Waals surface area contributed by atoms with E-state index in [9.17, 15) is 4.79 Å². The van der Waals surface area contributed by atoms with Crippen LogP contribution < -0.4 is 11.4 Å². The van der Waals surface area contributed by atoms with Crippen molar-refractivity contribution in [2.75, 3.05) is 5.73 Å². The first-order chi connectivity index (χ1) is 7.49. The predicted molar refractivity (Wildman–Crippen MR) is 59.0 cm³/mol. The van der Waals surface area contributed by atoms with Crippen LogP contribution >= 0.6 is 0 Å². The number of anilines is 1. The van der Waals surface area contributed by atoms with Crippen LogP contribution in [0.4, 0.5) is 5.95 Å². The highest BCUT2D eigenvalue weighted by molar-refractivity contribution is 5.16. The van der Waals surface area contributed by atoms with Crippen molar-refractivity contribution in [2.45, 2.75) is 38.9 Å². The van der Waals surface area contributed by atoms with Crippen LogP contribution in [0.1, 0.15) is 32.5 Å². The second-order valence-electron chi connectivity index (χ2n) is 4.33. The van der Waals surface area contributed by atoms with E-state index < -0.39 is 5.69 Å². The fourth-order valence-electron chi connectivity index (χ4n) is 2.31. The van der Waals surface area contributed by atoms with Crippen LogP contribution in [-0.2, 0) is 4.74 Å². The summed E-state index contributed by atoms with van der Waals surface area (Å²) in [5.74, 6) is 0.938. The van der Waals surface area contributed by atoms with Crippen molar-refractivity contribution in [1.82, 2.24) is 15.0 Å². The zero-order valence-electron chi connectivity index (χ0n) is 9.60. The van der Waals surface area contributed by atoms with E-state index in [0.717, 1.165) is 0 Å². The van der Waals surface area contributed by atoms with Crippen molar-refractivity contribution < 1.29 is 4.74 Å². The molecule has 1 fully saturated rings. The van der Waals surface area contributed by atoms with Gasteiger partial charge in [-0.25, -0.2) is 4.79 Å². The fourth-order valence-corrected chi connectivity index (χ4v) is 2.31. The summed E-state index contributed by atoms with van der Waals surface area (Å²) in [5, 5.41) is 0. The molecule has 2 rings (SSSR count). The van der Waals surface area contributed by atoms with E-state index in [2.05, 4.69) is 21.9 Å². The number of aromatic nitrogens is 3. The van der Waals surface area contributed by atoms with Crippen LogP contribution in [0.3, 0.4) is 0 Å². The average Bonchev–Trinajstić information content (AvgIpc) is 2.39. The lowest BCUT2D eigenvalue weighted by molar-refractivity contribution is 0.0553. The van der Waals surface area contributed by atoms with E-state index >= 15 is 0 Å². The minimum absolute atomic E-state index is 0.0118. The van der Waals surface area contributed by atoms with Gasteiger partial charge in [-0.3, -0.25) is 4.98 Å². The third-order valence-electron chi connectivity index (χ3n) is 3.24. The minimum Gasteiger partial charge on any atom is -0.374 e. The van der Waals surface area contributed by atoms with E-state index in [4.69, 9.17) is 10.5 Å². The molecule has 1 aliphatic heterocycles. The van der Waals surface area contributed by atoms with Crippen LogP contribution in [0.25, 0.3) is 0 Å². The van der Waals surface area contributed by atoms with Gasteiger partial charge < -0.3 is 10.5 Å². The second kappa shape index (κ2) is 3.86. The Hall–Kier alpha value is -1.43. The summed E-state index contributed by atoms with van der Waals surface area (Å²) in [7, 11) is 0. The van der Waals surface area contributed by atoms with Gasteiger partial charge in [-0.1, -0.05) is 6.92 Å². The maximum Gasteiger partial charge on any atom is 0.349 e. The number of hydrogen-bond donors (Lipinski definition) is 2. The van der Waals surface area contributed by atoms with Crippen LogP contribution in [0.2, 0.25) is 0 Å². The molecule has 0 amide bonds. The normalized spacial score (nSPS) is 34.2. The highest BCUT2D eigenvalue weighted by atomic mass is 16.5. The lowest BCUT2D eigenvalue weighted by atomic mass is 9.89. The molecule has 3 N–H and O–H groups in total. The van der Waals surface area contributed by atoms with E-state index in [1.165, 1.54) is 0 Å². The third-order valence-corrected chi connectivity index (χ3v) is 3.24. The van der Waals surface area contributed by atoms with Gasteiger partial charge >= 0.3 is 5.69 Å². The molecule has 0 spiro atoms. The maximum atomic E-state index is 11.2. The number of H-pyrrole nitrogens is 1. The lowest BCUT2D eigenvalue weighted by Gasteiger charge is -2.16. The summed E-state index contributed by atoms with van der Waals surface area (Å²) in [4.78, 5) is 21.4. The molecule has 0 bridgehead atoms. The van der Waals surface area contributed by atoms with Crippen molar-refractivity contribution in [2.24, 2.45) is 5.92 Å². The van der Waals surface area contributed by atoms with Crippen LogP contribution in [0, 0.1) is 5.92 Å². The molecule has 0 aromatic carbocycles. The number of nitrogens with zero attached hydrogens (tertiary/aromatic N) is 2. The first kappa shape index (κ1) is 11.1. The number of rotatable bonds is 1. The summed E-state index contributed by atoms with van der Waals surface area (Å²) < 4.78 is 5.70. The molecule has 16 heavy (non-hydrogen) atoms. The summed E-state index contributed by atoms with van der Waals surface area (Å²) >= 11 is 0. The van der Waals surface area contributed by atoms with E-state index in [0.29, 0.717) is 11.7 Å². The molecule has 88 valence electrons. The topological polar surface area (TPSA) is 93.9 Å². The molecule has 4 unspecified atom stereocenters. The summed E-state index contributed by atoms with van der Waals surface area (Å²) in [5.41, 5.74) is 5.01. The molecule has 2 heterocycles. The largest absolute Gasteiger partial charge is 0.374 e. The quantitative estimate of drug-likeness (QED) is 0.714. The lowest BCUT2D eigenvalue weighted by Crippen LogP contribution is -2.24. The molecule has 6 heteroatoms. The monoisotopic (exact) mass is 224 g/mol. The third kappa shape index (κ3) is 1.80. The second-order valence-corrected chi connectivity index (χ2v) is 4.33. The first-order valence-corrected chi connectivity index (χ1v) is 5.38. The Labute approximate surface area is 93.3 Å². The number of hydrogen-bond acceptors (Lipinski definition) is 5. The molecule has 1 saturated heterocycles. The molecule has 1 aliphatic rings. The Morgan fingerprint density at radius 1 is 1.25 bits per heavy atom. The number of ether oxygens (including phenoxy) is 1. The Kier molecular flexibility index (Phi) is 2.67. The predicted octanol–water partition coefficient (Wildman–Crippen LogP) is 0.274. The highest BCUT2D eigenvalue weighted by Gasteiger charge is 2.39. The van der Waals surface area contributed by atoms with Gasteiger partial charge in [-0.15, -0.1) is 0 Å². The number of nitrogen functional groups attached to an aromatic ring is 1. The molecule has 0 saturated carbocycles. The summed E-state index contributed by atoms with van der Waals surface area (Å²) in [6.45, 7) is 6.07. The Bertz CT molecular complexity index is 445. The zero-order chi connectivity index (χ0) is 11.9. The smallest absolute Gasteiger partial charge is 0.349 e. The molecule has 1 aromatic rings. The van der Waals surface area contributed by atoms with Crippen LogP contribution in [0.15, 0.2) is 4.79 Å². The van der Waals surface area contributed by atoms with Gasteiger partial charge in [0, 0.05) is 5.92 Å². The minimum atomic E-state index is -0.457. The zero-order valence-corrected chi connectivity index (χ0v) is 9.60. The molecular weight excluding hydrogens is 208 g/mol. The molecule has 1 aromatic heterocycles. The van der Waals surface area contributed by atoms with E-state index in [-0.39, 0.29) is 24.1 Å². The van der Waals surface area contributed by atoms with Gasteiger partial charge in [0.2, 0.25) is 5.95 Å². The maximum absolute atomic E-state index is 11.2. The van der Waals surface area contributed by atoms with Crippen molar-refractivity contribution in [3.63, 3.8) is 0 Å². The highest BCUT2D eigenvalue weighted by Crippen LogP contribution is 2.37. The van der Waals surface area contributed by atoms with Gasteiger partial charge in [0.1, 0.15) is 5.82 Å². The standard InChI is InChI=1S/C10H16N4O2/c1-4-5(2)16-6(3)7(4)8-12-9(11)14-10(15)13-8/h4-7H,1-3H3,(H3,11,12,13,14,15). The summed E-state index contributed by atoms with van der Waals surface area (Å²) in [6, 6.07) is 0. The van der Waals surface area contributed by atoms with Gasteiger partial charge in [-0.2, -0.15) is 9.97 Å². The van der Waals surface area contributed by atoms with E-state index in [1.807, 2.05) is 13.8 Å². The Morgan fingerprint density at radius 2 is 1.94 bits per heavy atom. The molecule has 0 radical (unpaired) electrons. The summed E-state index contributed by atoms with van der Waals surface area (Å²) in [6.07, 6.45) is 0.176. The van der Waals surface area contributed by atoms with Crippen molar-refractivity contribution >= 4 is 5.95 Å². The fraction of sp³-hybridized carbons (Fsp3) is 0.700. The SMILES string of the molecule is CC1OC(C)C(c2nc(N)nc(=O)[nH]2)C1C. The first-order valence-electron chi connectivity index (χ1n) is 5.38. The molecular formula is C10H16N4O2. The Morgan fingerprint density at radius 3 is 2.44 bits per heavy atom. The van der Waals surface area contributed by atoms with Gasteiger partial charge in [0.25, 0.3) is 0 Å². The molecule has 6 nitrogen and oxygen atoms in total.